The van der Waals surface area contributed by atoms with Crippen LogP contribution in [-0.4, -0.2) is 70.7 Å². The molecule has 1 aliphatic rings. The summed E-state index contributed by atoms with van der Waals surface area (Å²) in [4.78, 5) is 14.0. The molecule has 1 rings (SSSR count). The number of carbonyl (C=O) groups is 1. The Morgan fingerprint density at radius 2 is 1.84 bits per heavy atom. The van der Waals surface area contributed by atoms with Crippen LogP contribution in [0.25, 0.3) is 0 Å². The zero-order chi connectivity index (χ0) is 23.8. The molecule has 0 aliphatic heterocycles. The molecular formula is C26H47NO5. The normalized spacial score (nSPS) is 24.7. The third kappa shape index (κ3) is 11.6. The monoisotopic (exact) mass is 453 g/mol. The van der Waals surface area contributed by atoms with Gasteiger partial charge < -0.3 is 25.0 Å². The zero-order valence-corrected chi connectivity index (χ0v) is 20.5. The molecule has 5 atom stereocenters. The number of ether oxygens (including phenoxy) is 1. The second-order valence-corrected chi connectivity index (χ2v) is 8.91. The third-order valence-corrected chi connectivity index (χ3v) is 6.47. The smallest absolute Gasteiger partial charge is 0.305 e. The molecule has 0 radical (unpaired) electrons. The van der Waals surface area contributed by atoms with Crippen LogP contribution in [0.4, 0.5) is 0 Å². The van der Waals surface area contributed by atoms with Crippen LogP contribution in [0.3, 0.4) is 0 Å². The highest BCUT2D eigenvalue weighted by Gasteiger charge is 2.39. The van der Waals surface area contributed by atoms with Gasteiger partial charge in [-0.2, -0.15) is 0 Å². The SMILES string of the molecule is CCCCCC(O)C=C[C@H]1C(O)CC(O)[C@@H]1CC=CCCCC(=O)OCCN(CC)CC. The van der Waals surface area contributed by atoms with Crippen LogP contribution in [0.2, 0.25) is 0 Å². The zero-order valence-electron chi connectivity index (χ0n) is 20.5. The van der Waals surface area contributed by atoms with Crippen molar-refractivity contribution in [3.05, 3.63) is 24.3 Å². The minimum atomic E-state index is -0.575. The first-order valence-corrected chi connectivity index (χ1v) is 12.7. The van der Waals surface area contributed by atoms with E-state index in [2.05, 4.69) is 25.7 Å². The molecule has 1 fully saturated rings. The molecule has 0 heterocycles. The Kier molecular flexibility index (Phi) is 15.6. The maximum Gasteiger partial charge on any atom is 0.305 e. The molecule has 186 valence electrons. The Balaban J connectivity index is 2.31. The molecule has 0 aromatic rings. The number of rotatable bonds is 17. The van der Waals surface area contributed by atoms with Crippen molar-refractivity contribution in [2.75, 3.05) is 26.2 Å². The van der Waals surface area contributed by atoms with E-state index in [9.17, 15) is 20.1 Å². The Bertz CT molecular complexity index is 546. The Labute approximate surface area is 195 Å². The number of hydrogen-bond acceptors (Lipinski definition) is 6. The van der Waals surface area contributed by atoms with Gasteiger partial charge in [0.25, 0.3) is 0 Å². The van der Waals surface area contributed by atoms with Crippen molar-refractivity contribution < 1.29 is 24.9 Å². The largest absolute Gasteiger partial charge is 0.464 e. The minimum absolute atomic E-state index is 0.0506. The Morgan fingerprint density at radius 1 is 1.09 bits per heavy atom. The lowest BCUT2D eigenvalue weighted by molar-refractivity contribution is -0.144. The lowest BCUT2D eigenvalue weighted by atomic mass is 9.89. The van der Waals surface area contributed by atoms with Gasteiger partial charge in [-0.05, 0) is 44.7 Å². The van der Waals surface area contributed by atoms with Crippen molar-refractivity contribution in [1.82, 2.24) is 4.90 Å². The van der Waals surface area contributed by atoms with Crippen LogP contribution < -0.4 is 0 Å². The third-order valence-electron chi connectivity index (χ3n) is 6.47. The van der Waals surface area contributed by atoms with Crippen LogP contribution in [0, 0.1) is 11.8 Å². The van der Waals surface area contributed by atoms with Crippen LogP contribution >= 0.6 is 0 Å². The van der Waals surface area contributed by atoms with Crippen LogP contribution in [-0.2, 0) is 9.53 Å². The summed E-state index contributed by atoms with van der Waals surface area (Å²) in [7, 11) is 0. The van der Waals surface area contributed by atoms with E-state index in [1.807, 2.05) is 18.2 Å². The lowest BCUT2D eigenvalue weighted by Crippen LogP contribution is -2.27. The minimum Gasteiger partial charge on any atom is -0.464 e. The first kappa shape index (κ1) is 28.8. The first-order chi connectivity index (χ1) is 15.4. The van der Waals surface area contributed by atoms with Crippen molar-refractivity contribution in [1.29, 1.82) is 0 Å². The molecular weight excluding hydrogens is 406 g/mol. The van der Waals surface area contributed by atoms with Gasteiger partial charge in [0.1, 0.15) is 6.61 Å². The van der Waals surface area contributed by atoms with E-state index in [1.54, 1.807) is 6.08 Å². The maximum absolute atomic E-state index is 11.8. The van der Waals surface area contributed by atoms with E-state index < -0.39 is 18.3 Å². The van der Waals surface area contributed by atoms with Gasteiger partial charge in [0.05, 0.1) is 18.3 Å². The van der Waals surface area contributed by atoms with Gasteiger partial charge in [0.15, 0.2) is 0 Å². The average molecular weight is 454 g/mol. The van der Waals surface area contributed by atoms with E-state index >= 15 is 0 Å². The Hall–Kier alpha value is -1.21. The quantitative estimate of drug-likeness (QED) is 0.176. The number of nitrogens with zero attached hydrogens (tertiary/aromatic N) is 1. The molecule has 6 nitrogen and oxygen atoms in total. The van der Waals surface area contributed by atoms with Crippen molar-refractivity contribution >= 4 is 5.97 Å². The van der Waals surface area contributed by atoms with Crippen molar-refractivity contribution in [3.63, 3.8) is 0 Å². The summed E-state index contributed by atoms with van der Waals surface area (Å²) in [5.41, 5.74) is 0. The topological polar surface area (TPSA) is 90.2 Å². The molecule has 0 aromatic heterocycles. The number of carbonyl (C=O) groups excluding carboxylic acids is 1. The number of aliphatic hydroxyl groups excluding tert-OH is 3. The van der Waals surface area contributed by atoms with Gasteiger partial charge >= 0.3 is 5.97 Å². The summed E-state index contributed by atoms with van der Waals surface area (Å²) in [5.74, 6) is -0.343. The standard InChI is InChI=1S/C26H47NO5/c1-4-7-10-13-21(28)16-17-23-22(24(29)20-25(23)30)14-11-8-9-12-15-26(31)32-19-18-27(5-2)6-3/h8,11,16-17,21-25,28-30H,4-7,9-10,12-15,18-20H2,1-3H3/t21?,22-,23-,24?,25?/m1/s1. The summed E-state index contributed by atoms with van der Waals surface area (Å²) in [6.45, 7) is 9.47. The van der Waals surface area contributed by atoms with Gasteiger partial charge in [-0.25, -0.2) is 0 Å². The van der Waals surface area contributed by atoms with E-state index in [0.29, 0.717) is 25.9 Å². The van der Waals surface area contributed by atoms with Crippen LogP contribution in [0.5, 0.6) is 0 Å². The van der Waals surface area contributed by atoms with Gasteiger partial charge in [-0.3, -0.25) is 4.79 Å². The second-order valence-electron chi connectivity index (χ2n) is 8.91. The summed E-state index contributed by atoms with van der Waals surface area (Å²) >= 11 is 0. The fourth-order valence-corrected chi connectivity index (χ4v) is 4.30. The number of hydrogen-bond donors (Lipinski definition) is 3. The van der Waals surface area contributed by atoms with Crippen LogP contribution in [0.1, 0.15) is 78.6 Å². The van der Waals surface area contributed by atoms with Crippen molar-refractivity contribution in [3.8, 4) is 0 Å². The highest BCUT2D eigenvalue weighted by molar-refractivity contribution is 5.69. The summed E-state index contributed by atoms with van der Waals surface area (Å²) in [6.07, 6.45) is 13.1. The highest BCUT2D eigenvalue weighted by Crippen LogP contribution is 2.36. The molecule has 0 spiro atoms. The second kappa shape index (κ2) is 17.3. The van der Waals surface area contributed by atoms with E-state index in [-0.39, 0.29) is 17.8 Å². The van der Waals surface area contributed by atoms with Crippen LogP contribution in [0.15, 0.2) is 24.3 Å². The van der Waals surface area contributed by atoms with Gasteiger partial charge in [0.2, 0.25) is 0 Å². The van der Waals surface area contributed by atoms with Crippen molar-refractivity contribution in [2.24, 2.45) is 11.8 Å². The number of allylic oxidation sites excluding steroid dienone is 2. The fourth-order valence-electron chi connectivity index (χ4n) is 4.30. The predicted octanol–water partition coefficient (Wildman–Crippen LogP) is 3.84. The van der Waals surface area contributed by atoms with Gasteiger partial charge in [-0.1, -0.05) is 64.3 Å². The lowest BCUT2D eigenvalue weighted by Gasteiger charge is -2.19. The highest BCUT2D eigenvalue weighted by atomic mass is 16.5. The van der Waals surface area contributed by atoms with Gasteiger partial charge in [-0.15, -0.1) is 0 Å². The average Bonchev–Trinajstić information content (AvgIpc) is 3.04. The first-order valence-electron chi connectivity index (χ1n) is 12.7. The fraction of sp³-hybridized carbons (Fsp3) is 0.808. The molecule has 0 saturated heterocycles. The summed E-state index contributed by atoms with van der Waals surface area (Å²) in [6, 6.07) is 0. The van der Waals surface area contributed by atoms with E-state index in [0.717, 1.165) is 58.2 Å². The Morgan fingerprint density at radius 3 is 2.53 bits per heavy atom. The van der Waals surface area contributed by atoms with Crippen molar-refractivity contribution in [2.45, 2.75) is 96.9 Å². The molecule has 0 bridgehead atoms. The molecule has 0 amide bonds. The predicted molar refractivity (Wildman–Crippen MR) is 129 cm³/mol. The molecule has 1 saturated carbocycles. The number of likely N-dealkylation sites (N-methyl/N-ethyl adjacent to an activating group) is 1. The molecule has 32 heavy (non-hydrogen) atoms. The number of aliphatic hydroxyl groups is 3. The molecule has 0 aromatic carbocycles. The number of unbranched alkanes of at least 4 members (excludes halogenated alkanes) is 3. The summed E-state index contributed by atoms with van der Waals surface area (Å²) in [5, 5.41) is 30.8. The molecule has 6 heteroatoms. The maximum atomic E-state index is 11.8. The number of esters is 1. The van der Waals surface area contributed by atoms with E-state index in [1.165, 1.54) is 0 Å². The molecule has 1 aliphatic carbocycles. The molecule has 3 N–H and O–H groups in total. The van der Waals surface area contributed by atoms with E-state index in [4.69, 9.17) is 4.74 Å². The summed E-state index contributed by atoms with van der Waals surface area (Å²) < 4.78 is 5.29. The van der Waals surface area contributed by atoms with Gasteiger partial charge in [0, 0.05) is 25.3 Å². The molecule has 3 unspecified atom stereocenters.